The van der Waals surface area contributed by atoms with E-state index >= 15 is 0 Å². The second-order valence-electron chi connectivity index (χ2n) is 6.21. The van der Waals surface area contributed by atoms with Gasteiger partial charge in [-0.05, 0) is 30.3 Å². The van der Waals surface area contributed by atoms with E-state index in [1.54, 1.807) is 54.6 Å². The smallest absolute Gasteiger partial charge is 0.342 e. The zero-order valence-electron chi connectivity index (χ0n) is 16.1. The summed E-state index contributed by atoms with van der Waals surface area (Å²) in [6, 6.07) is 19.7. The first-order valence-corrected chi connectivity index (χ1v) is 9.36. The molecule has 3 aromatic rings. The quantitative estimate of drug-likeness (QED) is 0.450. The Balaban J connectivity index is 1.71. The third-order valence-corrected chi connectivity index (χ3v) is 4.43. The number of ether oxygens (including phenoxy) is 2. The van der Waals surface area contributed by atoms with E-state index in [9.17, 15) is 14.4 Å². The zero-order valence-corrected chi connectivity index (χ0v) is 16.8. The molecule has 0 bridgehead atoms. The number of benzene rings is 3. The second kappa shape index (κ2) is 9.71. The number of carbonyl (C=O) groups excluding carboxylic acids is 3. The number of ketones is 1. The van der Waals surface area contributed by atoms with Crippen LogP contribution in [0.2, 0.25) is 5.02 Å². The fraction of sp³-hybridized carbons (Fsp3) is 0.0870. The Kier molecular flexibility index (Phi) is 6.83. The van der Waals surface area contributed by atoms with E-state index < -0.39 is 18.5 Å². The maximum absolute atomic E-state index is 12.8. The Bertz CT molecular complexity index is 1080. The van der Waals surface area contributed by atoms with Crippen molar-refractivity contribution in [3.8, 4) is 5.75 Å². The Hall–Kier alpha value is -3.64. The monoisotopic (exact) mass is 423 g/mol. The van der Waals surface area contributed by atoms with Crippen LogP contribution in [0, 0.1) is 0 Å². The first-order chi connectivity index (χ1) is 14.5. The van der Waals surface area contributed by atoms with Gasteiger partial charge in [0.25, 0.3) is 5.91 Å². The van der Waals surface area contributed by atoms with Gasteiger partial charge in [0, 0.05) is 16.1 Å². The molecule has 0 aliphatic heterocycles. The molecule has 152 valence electrons. The summed E-state index contributed by atoms with van der Waals surface area (Å²) in [6.45, 7) is -0.529. The third-order valence-electron chi connectivity index (χ3n) is 4.20. The zero-order chi connectivity index (χ0) is 21.5. The van der Waals surface area contributed by atoms with E-state index in [0.717, 1.165) is 0 Å². The van der Waals surface area contributed by atoms with Gasteiger partial charge in [-0.2, -0.15) is 0 Å². The minimum Gasteiger partial charge on any atom is -0.496 e. The van der Waals surface area contributed by atoms with Gasteiger partial charge >= 0.3 is 5.97 Å². The van der Waals surface area contributed by atoms with Crippen molar-refractivity contribution in [3.05, 3.63) is 94.5 Å². The van der Waals surface area contributed by atoms with Crippen LogP contribution in [0.25, 0.3) is 0 Å². The maximum atomic E-state index is 12.8. The van der Waals surface area contributed by atoms with E-state index in [4.69, 9.17) is 21.1 Å². The lowest BCUT2D eigenvalue weighted by atomic mass is 10.0. The van der Waals surface area contributed by atoms with Crippen LogP contribution in [-0.2, 0) is 9.53 Å². The Labute approximate surface area is 178 Å². The van der Waals surface area contributed by atoms with Crippen molar-refractivity contribution < 1.29 is 23.9 Å². The van der Waals surface area contributed by atoms with Crippen LogP contribution in [0.4, 0.5) is 5.69 Å². The van der Waals surface area contributed by atoms with Gasteiger partial charge in [-0.1, -0.05) is 54.1 Å². The predicted molar refractivity (Wildman–Crippen MR) is 113 cm³/mol. The highest BCUT2D eigenvalue weighted by molar-refractivity contribution is 6.31. The molecule has 0 aliphatic rings. The number of methoxy groups -OCH3 is 1. The fourth-order valence-electron chi connectivity index (χ4n) is 2.77. The van der Waals surface area contributed by atoms with Crippen LogP contribution in [0.1, 0.15) is 26.3 Å². The van der Waals surface area contributed by atoms with Gasteiger partial charge in [0.2, 0.25) is 0 Å². The van der Waals surface area contributed by atoms with Crippen LogP contribution >= 0.6 is 11.6 Å². The number of para-hydroxylation sites is 1. The molecule has 0 spiro atoms. The average Bonchev–Trinajstić information content (AvgIpc) is 2.78. The highest BCUT2D eigenvalue weighted by Crippen LogP contribution is 2.24. The molecular formula is C23H18ClNO5. The summed E-state index contributed by atoms with van der Waals surface area (Å²) in [5, 5.41) is 2.95. The number of carbonyl (C=O) groups is 3. The van der Waals surface area contributed by atoms with E-state index in [-0.39, 0.29) is 22.6 Å². The summed E-state index contributed by atoms with van der Waals surface area (Å²) < 4.78 is 10.2. The number of nitrogens with one attached hydrogen (secondary N) is 1. The highest BCUT2D eigenvalue weighted by Gasteiger charge is 2.18. The van der Waals surface area contributed by atoms with Crippen molar-refractivity contribution in [2.24, 2.45) is 0 Å². The Morgan fingerprint density at radius 1 is 0.900 bits per heavy atom. The molecule has 3 rings (SSSR count). The normalized spacial score (nSPS) is 10.2. The molecule has 0 saturated heterocycles. The molecule has 0 fully saturated rings. The summed E-state index contributed by atoms with van der Waals surface area (Å²) >= 11 is 6.04. The van der Waals surface area contributed by atoms with Gasteiger partial charge in [0.15, 0.2) is 12.4 Å². The van der Waals surface area contributed by atoms with Gasteiger partial charge < -0.3 is 14.8 Å². The molecule has 30 heavy (non-hydrogen) atoms. The fourth-order valence-corrected chi connectivity index (χ4v) is 2.94. The summed E-state index contributed by atoms with van der Waals surface area (Å²) in [7, 11) is 1.44. The Morgan fingerprint density at radius 2 is 1.60 bits per heavy atom. The summed E-state index contributed by atoms with van der Waals surface area (Å²) in [5.41, 5.74) is 1.17. The number of hydrogen-bond acceptors (Lipinski definition) is 5. The van der Waals surface area contributed by atoms with Gasteiger partial charge in [0.05, 0.1) is 12.8 Å². The van der Waals surface area contributed by atoms with Crippen LogP contribution in [0.15, 0.2) is 72.8 Å². The van der Waals surface area contributed by atoms with Crippen molar-refractivity contribution in [3.63, 3.8) is 0 Å². The van der Waals surface area contributed by atoms with Crippen molar-refractivity contribution >= 4 is 34.9 Å². The van der Waals surface area contributed by atoms with Crippen LogP contribution < -0.4 is 10.1 Å². The molecule has 1 amide bonds. The molecule has 0 atom stereocenters. The van der Waals surface area contributed by atoms with E-state index in [1.807, 2.05) is 0 Å². The van der Waals surface area contributed by atoms with Crippen LogP contribution in [0.3, 0.4) is 0 Å². The summed E-state index contributed by atoms with van der Waals surface area (Å²) in [5.74, 6) is -1.24. The molecule has 0 aromatic heterocycles. The van der Waals surface area contributed by atoms with E-state index in [0.29, 0.717) is 16.3 Å². The lowest BCUT2D eigenvalue weighted by Crippen LogP contribution is -2.22. The van der Waals surface area contributed by atoms with Crippen molar-refractivity contribution in [1.82, 2.24) is 0 Å². The van der Waals surface area contributed by atoms with Crippen LogP contribution in [0.5, 0.6) is 5.75 Å². The van der Waals surface area contributed by atoms with Gasteiger partial charge in [-0.15, -0.1) is 0 Å². The number of anilines is 1. The maximum Gasteiger partial charge on any atom is 0.342 e. The Morgan fingerprint density at radius 3 is 2.33 bits per heavy atom. The first-order valence-electron chi connectivity index (χ1n) is 8.99. The third kappa shape index (κ3) is 5.04. The minimum absolute atomic E-state index is 0.208. The number of hydrogen-bond donors (Lipinski definition) is 1. The van der Waals surface area contributed by atoms with Gasteiger partial charge in [-0.25, -0.2) is 4.79 Å². The number of esters is 1. The molecule has 7 heteroatoms. The highest BCUT2D eigenvalue weighted by atomic mass is 35.5. The first kappa shape index (κ1) is 21.1. The minimum atomic E-state index is -0.695. The van der Waals surface area contributed by atoms with Gasteiger partial charge in [0.1, 0.15) is 11.3 Å². The molecule has 0 aliphatic carbocycles. The van der Waals surface area contributed by atoms with E-state index in [1.165, 1.54) is 25.3 Å². The molecule has 0 saturated carbocycles. The SMILES string of the molecule is COc1ccccc1C(=O)OCC(=O)Nc1ccc(Cl)cc1C(=O)c1ccccc1. The lowest BCUT2D eigenvalue weighted by molar-refractivity contribution is -0.119. The van der Waals surface area contributed by atoms with Crippen molar-refractivity contribution in [2.45, 2.75) is 0 Å². The molecule has 0 unspecified atom stereocenters. The number of rotatable bonds is 7. The summed E-state index contributed by atoms with van der Waals surface area (Å²) in [6.07, 6.45) is 0. The predicted octanol–water partition coefficient (Wildman–Crippen LogP) is 4.38. The topological polar surface area (TPSA) is 81.7 Å². The second-order valence-corrected chi connectivity index (χ2v) is 6.65. The van der Waals surface area contributed by atoms with Gasteiger partial charge in [-0.3, -0.25) is 9.59 Å². The molecule has 6 nitrogen and oxygen atoms in total. The van der Waals surface area contributed by atoms with Crippen molar-refractivity contribution in [1.29, 1.82) is 0 Å². The molecular weight excluding hydrogens is 406 g/mol. The number of halogens is 1. The molecule has 0 heterocycles. The number of amides is 1. The molecule has 0 radical (unpaired) electrons. The largest absolute Gasteiger partial charge is 0.496 e. The average molecular weight is 424 g/mol. The summed E-state index contributed by atoms with van der Waals surface area (Å²) in [4.78, 5) is 37.4. The lowest BCUT2D eigenvalue weighted by Gasteiger charge is -2.12. The molecule has 1 N–H and O–H groups in total. The van der Waals surface area contributed by atoms with Crippen molar-refractivity contribution in [2.75, 3.05) is 19.0 Å². The van der Waals surface area contributed by atoms with E-state index in [2.05, 4.69) is 5.32 Å². The van der Waals surface area contributed by atoms with Crippen LogP contribution in [-0.4, -0.2) is 31.4 Å². The molecule has 3 aromatic carbocycles. The standard InChI is InChI=1S/C23H18ClNO5/c1-29-20-10-6-5-9-17(20)23(28)30-14-21(26)25-19-12-11-16(24)13-18(19)22(27)15-7-3-2-4-8-15/h2-13H,14H2,1H3,(H,25,26).